The van der Waals surface area contributed by atoms with E-state index in [4.69, 9.17) is 4.74 Å². The molecule has 1 aliphatic rings. The Balaban J connectivity index is 2.08. The molecular formula is C21H30N3O3+. The van der Waals surface area contributed by atoms with Gasteiger partial charge in [0.25, 0.3) is 0 Å². The lowest BCUT2D eigenvalue weighted by Gasteiger charge is -2.27. The average Bonchev–Trinajstić information content (AvgIpc) is 2.65. The van der Waals surface area contributed by atoms with Gasteiger partial charge < -0.3 is 19.5 Å². The summed E-state index contributed by atoms with van der Waals surface area (Å²) in [6.45, 7) is 6.94. The van der Waals surface area contributed by atoms with Crippen molar-refractivity contribution >= 4 is 22.6 Å². The molecule has 0 amide bonds. The lowest BCUT2D eigenvalue weighted by atomic mass is 9.98. The molecule has 146 valence electrons. The summed E-state index contributed by atoms with van der Waals surface area (Å²) in [5, 5.41) is 0.619. The molecule has 0 saturated carbocycles. The summed E-state index contributed by atoms with van der Waals surface area (Å²) >= 11 is 0. The number of fused-ring (bicyclic) bond motifs is 1. The third-order valence-corrected chi connectivity index (χ3v) is 5.49. The van der Waals surface area contributed by atoms with Crippen molar-refractivity contribution in [2.75, 3.05) is 38.7 Å². The van der Waals surface area contributed by atoms with E-state index in [0.29, 0.717) is 28.7 Å². The van der Waals surface area contributed by atoms with E-state index in [1.54, 1.807) is 6.92 Å². The van der Waals surface area contributed by atoms with Crippen LogP contribution in [0.4, 0.5) is 5.69 Å². The molecule has 2 aromatic rings. The zero-order valence-corrected chi connectivity index (χ0v) is 16.7. The van der Waals surface area contributed by atoms with Crippen LogP contribution in [-0.4, -0.2) is 44.7 Å². The number of nitrogens with zero attached hydrogens (tertiary/aromatic N) is 1. The molecule has 0 atom stereocenters. The largest absolute Gasteiger partial charge is 0.461 e. The molecule has 6 nitrogen and oxygen atoms in total. The molecule has 3 rings (SSSR count). The number of rotatable bonds is 5. The molecule has 1 saturated heterocycles. The Bertz CT molecular complexity index is 880. The fraction of sp³-hybridized carbons (Fsp3) is 0.524. The first kappa shape index (κ1) is 19.4. The molecule has 0 unspecified atom stereocenters. The average molecular weight is 372 g/mol. The first-order chi connectivity index (χ1) is 12.9. The highest BCUT2D eigenvalue weighted by Crippen LogP contribution is 2.19. The van der Waals surface area contributed by atoms with Crippen molar-refractivity contribution in [2.24, 2.45) is 5.92 Å². The number of pyridine rings is 1. The minimum Gasteiger partial charge on any atom is -0.461 e. The summed E-state index contributed by atoms with van der Waals surface area (Å²) < 4.78 is 5.21. The maximum Gasteiger partial charge on any atom is 0.355 e. The van der Waals surface area contributed by atoms with Crippen LogP contribution in [-0.2, 0) is 11.3 Å². The van der Waals surface area contributed by atoms with E-state index in [1.807, 2.05) is 37.2 Å². The number of carbonyl (C=O) groups excluding carboxylic acids is 1. The predicted molar refractivity (Wildman–Crippen MR) is 108 cm³/mol. The van der Waals surface area contributed by atoms with Gasteiger partial charge in [0.05, 0.1) is 30.8 Å². The number of likely N-dealkylation sites (tertiary alicyclic amines) is 1. The van der Waals surface area contributed by atoms with Gasteiger partial charge >= 0.3 is 5.97 Å². The molecule has 0 aliphatic carbocycles. The predicted octanol–water partition coefficient (Wildman–Crippen LogP) is 1.59. The fourth-order valence-electron chi connectivity index (χ4n) is 3.74. The van der Waals surface area contributed by atoms with Gasteiger partial charge in [-0.15, -0.1) is 0 Å². The molecule has 0 radical (unpaired) electrons. The third-order valence-electron chi connectivity index (χ3n) is 5.49. The number of H-pyrrole nitrogens is 1. The summed E-state index contributed by atoms with van der Waals surface area (Å²) in [6, 6.07) is 5.68. The van der Waals surface area contributed by atoms with Gasteiger partial charge in [-0.2, -0.15) is 0 Å². The van der Waals surface area contributed by atoms with Crippen LogP contribution in [0.25, 0.3) is 10.9 Å². The summed E-state index contributed by atoms with van der Waals surface area (Å²) in [7, 11) is 3.89. The summed E-state index contributed by atoms with van der Waals surface area (Å²) in [5.74, 6) is 0.281. The van der Waals surface area contributed by atoms with Crippen LogP contribution in [0, 0.1) is 5.92 Å². The zero-order valence-electron chi connectivity index (χ0n) is 16.7. The lowest BCUT2D eigenvalue weighted by Crippen LogP contribution is -3.12. The van der Waals surface area contributed by atoms with Crippen molar-refractivity contribution in [3.8, 4) is 0 Å². The van der Waals surface area contributed by atoms with E-state index in [-0.39, 0.29) is 12.0 Å². The normalized spacial score (nSPS) is 19.9. The van der Waals surface area contributed by atoms with E-state index < -0.39 is 5.97 Å². The Hall–Kier alpha value is -2.34. The van der Waals surface area contributed by atoms with E-state index >= 15 is 0 Å². The Labute approximate surface area is 160 Å². The number of hydrogen-bond donors (Lipinski definition) is 2. The van der Waals surface area contributed by atoms with Gasteiger partial charge in [0.15, 0.2) is 5.43 Å². The fourth-order valence-corrected chi connectivity index (χ4v) is 3.74. The summed E-state index contributed by atoms with van der Waals surface area (Å²) in [5.41, 5.74) is 2.41. The Morgan fingerprint density at radius 2 is 2.00 bits per heavy atom. The van der Waals surface area contributed by atoms with Gasteiger partial charge in [-0.25, -0.2) is 4.79 Å². The smallest absolute Gasteiger partial charge is 0.355 e. The van der Waals surface area contributed by atoms with Crippen LogP contribution in [0.3, 0.4) is 0 Å². The van der Waals surface area contributed by atoms with Crippen LogP contribution >= 0.6 is 0 Å². The second kappa shape index (κ2) is 8.13. The highest BCUT2D eigenvalue weighted by Gasteiger charge is 2.25. The molecular weight excluding hydrogens is 342 g/mol. The van der Waals surface area contributed by atoms with Gasteiger partial charge in [0.2, 0.25) is 0 Å². The van der Waals surface area contributed by atoms with E-state index in [2.05, 4.69) is 11.9 Å². The molecule has 2 N–H and O–H groups in total. The van der Waals surface area contributed by atoms with Gasteiger partial charge in [0.1, 0.15) is 12.2 Å². The summed E-state index contributed by atoms with van der Waals surface area (Å²) in [6.07, 6.45) is 2.31. The number of carbonyl (C=O) groups is 1. The minimum absolute atomic E-state index is 0.0679. The van der Waals surface area contributed by atoms with Gasteiger partial charge in [-0.3, -0.25) is 4.79 Å². The number of quaternary nitrogens is 1. The summed E-state index contributed by atoms with van der Waals surface area (Å²) in [4.78, 5) is 32.3. The quantitative estimate of drug-likeness (QED) is 0.782. The van der Waals surface area contributed by atoms with Gasteiger partial charge in [-0.05, 0) is 43.9 Å². The molecule has 6 heteroatoms. The highest BCUT2D eigenvalue weighted by atomic mass is 16.5. The molecule has 0 bridgehead atoms. The standard InChI is InChI=1S/C21H29N3O3/c1-5-27-21(26)19-17(13-24-10-8-14(2)9-11-24)20(25)16-12-15(23(3)4)6-7-18(16)22-19/h6-7,12,14H,5,8-11,13H2,1-4H3,(H,22,25)/p+1. The Kier molecular flexibility index (Phi) is 5.85. The van der Waals surface area contributed by atoms with Crippen LogP contribution in [0.5, 0.6) is 0 Å². The van der Waals surface area contributed by atoms with Crippen LogP contribution in [0.15, 0.2) is 23.0 Å². The molecule has 1 aromatic heterocycles. The molecule has 1 aliphatic heterocycles. The number of benzene rings is 1. The van der Waals surface area contributed by atoms with E-state index in [9.17, 15) is 9.59 Å². The minimum atomic E-state index is -0.451. The maximum absolute atomic E-state index is 13.3. The third kappa shape index (κ3) is 4.16. The topological polar surface area (TPSA) is 66.8 Å². The van der Waals surface area contributed by atoms with E-state index in [1.165, 1.54) is 4.90 Å². The first-order valence-electron chi connectivity index (χ1n) is 9.77. The van der Waals surface area contributed by atoms with Crippen molar-refractivity contribution < 1.29 is 14.4 Å². The zero-order chi connectivity index (χ0) is 19.6. The molecule has 1 fully saturated rings. The number of aromatic nitrogens is 1. The molecule has 1 aromatic carbocycles. The molecule has 0 spiro atoms. The number of aromatic amines is 1. The van der Waals surface area contributed by atoms with Crippen molar-refractivity contribution in [2.45, 2.75) is 33.2 Å². The Morgan fingerprint density at radius 3 is 2.63 bits per heavy atom. The number of hydrogen-bond acceptors (Lipinski definition) is 4. The highest BCUT2D eigenvalue weighted by molar-refractivity contribution is 5.93. The second-order valence-corrected chi connectivity index (χ2v) is 7.76. The van der Waals surface area contributed by atoms with Crippen LogP contribution in [0.2, 0.25) is 0 Å². The van der Waals surface area contributed by atoms with Crippen molar-refractivity contribution in [3.05, 3.63) is 39.7 Å². The van der Waals surface area contributed by atoms with Crippen molar-refractivity contribution in [1.82, 2.24) is 4.98 Å². The van der Waals surface area contributed by atoms with Crippen molar-refractivity contribution in [1.29, 1.82) is 0 Å². The Morgan fingerprint density at radius 1 is 1.30 bits per heavy atom. The number of anilines is 1. The maximum atomic E-state index is 13.3. The van der Waals surface area contributed by atoms with Gasteiger partial charge in [0, 0.05) is 25.2 Å². The SMILES string of the molecule is CCOC(=O)c1[nH]c2ccc(N(C)C)cc2c(=O)c1C[NH+]1CCC(C)CC1. The molecule has 27 heavy (non-hydrogen) atoms. The first-order valence-corrected chi connectivity index (χ1v) is 9.77. The molecule has 2 heterocycles. The van der Waals surface area contributed by atoms with Crippen LogP contribution in [0.1, 0.15) is 42.7 Å². The van der Waals surface area contributed by atoms with E-state index in [0.717, 1.165) is 37.5 Å². The number of esters is 1. The van der Waals surface area contributed by atoms with Gasteiger partial charge in [-0.1, -0.05) is 6.92 Å². The number of ether oxygens (including phenoxy) is 1. The number of nitrogens with one attached hydrogen (secondary N) is 2. The second-order valence-electron chi connectivity index (χ2n) is 7.76. The number of piperidine rings is 1. The monoisotopic (exact) mass is 372 g/mol. The van der Waals surface area contributed by atoms with Crippen molar-refractivity contribution in [3.63, 3.8) is 0 Å². The van der Waals surface area contributed by atoms with Crippen LogP contribution < -0.4 is 15.2 Å². The lowest BCUT2D eigenvalue weighted by molar-refractivity contribution is -0.919.